The van der Waals surface area contributed by atoms with Gasteiger partial charge in [0.2, 0.25) is 11.8 Å². The molecule has 2 amide bonds. The number of imide groups is 1. The lowest BCUT2D eigenvalue weighted by Gasteiger charge is -2.53. The second-order valence-corrected chi connectivity index (χ2v) is 15.5. The topological polar surface area (TPSA) is 141 Å². The average Bonchev–Trinajstić information content (AvgIpc) is 3.62. The molecule has 2 bridgehead atoms. The van der Waals surface area contributed by atoms with Crippen molar-refractivity contribution in [1.82, 2.24) is 4.57 Å². The highest BCUT2D eigenvalue weighted by Gasteiger charge is 2.67. The number of fused-ring (bicyclic) bond motifs is 1. The largest absolute Gasteiger partial charge is 0.463 e. The second kappa shape index (κ2) is 12.4. The van der Waals surface area contributed by atoms with Crippen LogP contribution in [-0.2, 0) is 24.5 Å². The monoisotopic (exact) mass is 750 g/mol. The summed E-state index contributed by atoms with van der Waals surface area (Å²) in [5.41, 5.74) is 4.30. The number of rotatable bonds is 6. The molecule has 12 heteroatoms. The third-order valence-corrected chi connectivity index (χ3v) is 12.6. The van der Waals surface area contributed by atoms with Gasteiger partial charge < -0.3 is 4.74 Å². The van der Waals surface area contributed by atoms with Gasteiger partial charge >= 0.3 is 5.97 Å². The Morgan fingerprint density at radius 3 is 2.22 bits per heavy atom. The van der Waals surface area contributed by atoms with Crippen LogP contribution in [0, 0.1) is 35.8 Å². The summed E-state index contributed by atoms with van der Waals surface area (Å²) in [5.74, 6) is -3.32. The number of amides is 2. The molecule has 0 N–H and O–H groups in total. The number of nitro groups is 1. The number of aromatic nitrogens is 1. The zero-order valence-electron chi connectivity index (χ0n) is 30.3. The van der Waals surface area contributed by atoms with Crippen molar-refractivity contribution in [2.24, 2.45) is 16.8 Å². The van der Waals surface area contributed by atoms with Crippen LogP contribution in [0.1, 0.15) is 64.8 Å². The fourth-order valence-electron chi connectivity index (χ4n) is 9.33. The number of nitro benzene ring substituents is 1. The van der Waals surface area contributed by atoms with Gasteiger partial charge in [0, 0.05) is 17.5 Å². The molecule has 55 heavy (non-hydrogen) atoms. The number of hydrogen-bond donors (Lipinski definition) is 0. The van der Waals surface area contributed by atoms with E-state index in [-0.39, 0.29) is 44.9 Å². The van der Waals surface area contributed by atoms with Gasteiger partial charge in [0.1, 0.15) is 0 Å². The van der Waals surface area contributed by atoms with Gasteiger partial charge in [-0.05, 0) is 73.7 Å². The third-order valence-electron chi connectivity index (χ3n) is 11.6. The molecule has 0 radical (unpaired) electrons. The summed E-state index contributed by atoms with van der Waals surface area (Å²) in [5, 5.41) is 12.1. The highest BCUT2D eigenvalue weighted by atomic mass is 32.1. The van der Waals surface area contributed by atoms with Gasteiger partial charge in [-0.2, -0.15) is 0 Å². The molecule has 0 saturated carbocycles. The van der Waals surface area contributed by atoms with Crippen molar-refractivity contribution in [2.45, 2.75) is 45.1 Å². The van der Waals surface area contributed by atoms with Gasteiger partial charge in [-0.1, -0.05) is 89.7 Å². The summed E-state index contributed by atoms with van der Waals surface area (Å²) in [4.78, 5) is 76.2. The molecule has 1 saturated heterocycles. The van der Waals surface area contributed by atoms with E-state index in [1.54, 1.807) is 45.0 Å². The lowest BCUT2D eigenvalue weighted by molar-refractivity contribution is -0.385. The lowest BCUT2D eigenvalue weighted by Crippen LogP contribution is -2.53. The number of nitrogens with zero attached hydrogens (tertiary/aromatic N) is 4. The lowest BCUT2D eigenvalue weighted by atomic mass is 9.47. The van der Waals surface area contributed by atoms with E-state index in [0.29, 0.717) is 22.5 Å². The van der Waals surface area contributed by atoms with Crippen molar-refractivity contribution in [1.29, 1.82) is 0 Å². The van der Waals surface area contributed by atoms with Crippen molar-refractivity contribution in [3.8, 4) is 0 Å². The van der Waals surface area contributed by atoms with E-state index >= 15 is 4.79 Å². The predicted molar refractivity (Wildman–Crippen MR) is 205 cm³/mol. The molecule has 0 spiro atoms. The molecule has 274 valence electrons. The molecular formula is C43H34N4O7S. The minimum Gasteiger partial charge on any atom is -0.463 e. The first kappa shape index (κ1) is 34.5. The van der Waals surface area contributed by atoms with Gasteiger partial charge in [0.05, 0.1) is 56.3 Å². The number of anilines is 1. The highest BCUT2D eigenvalue weighted by Crippen LogP contribution is 2.65. The normalized spacial score (nSPS) is 23.6. The van der Waals surface area contributed by atoms with Crippen LogP contribution in [-0.4, -0.2) is 33.9 Å². The minimum atomic E-state index is -1.24. The fraction of sp³-hybridized carbons (Fsp3) is 0.233. The van der Waals surface area contributed by atoms with Gasteiger partial charge in [-0.25, -0.2) is 14.7 Å². The van der Waals surface area contributed by atoms with Crippen molar-refractivity contribution >= 4 is 46.6 Å². The van der Waals surface area contributed by atoms with Crippen LogP contribution in [0.2, 0.25) is 0 Å². The molecule has 3 aliphatic carbocycles. The predicted octanol–water partition coefficient (Wildman–Crippen LogP) is 5.53. The first-order valence-electron chi connectivity index (χ1n) is 18.1. The summed E-state index contributed by atoms with van der Waals surface area (Å²) >= 11 is 1.11. The number of hydrogen-bond acceptors (Lipinski definition) is 9. The zero-order valence-corrected chi connectivity index (χ0v) is 31.1. The number of aryl methyl sites for hydroxylation is 2. The Morgan fingerprint density at radius 2 is 1.58 bits per heavy atom. The third kappa shape index (κ3) is 4.77. The van der Waals surface area contributed by atoms with E-state index < -0.39 is 39.7 Å². The van der Waals surface area contributed by atoms with Crippen LogP contribution in [0.25, 0.3) is 6.08 Å². The maximum absolute atomic E-state index is 15.1. The van der Waals surface area contributed by atoms with Gasteiger partial charge in [0.25, 0.3) is 11.2 Å². The minimum absolute atomic E-state index is 0.0675. The molecule has 10 rings (SSSR count). The van der Waals surface area contributed by atoms with E-state index in [9.17, 15) is 24.5 Å². The van der Waals surface area contributed by atoms with Crippen LogP contribution in [0.4, 0.5) is 11.4 Å². The summed E-state index contributed by atoms with van der Waals surface area (Å²) in [6.45, 7) is 6.96. The Bertz CT molecular complexity index is 2720. The number of benzene rings is 4. The summed E-state index contributed by atoms with van der Waals surface area (Å²) in [6.07, 6.45) is 1.84. The Labute approximate surface area is 318 Å². The number of carbonyl (C=O) groups excluding carboxylic acids is 3. The zero-order chi connectivity index (χ0) is 38.5. The maximum Gasteiger partial charge on any atom is 0.338 e. The SMILES string of the molecule is CCOC(=O)C1=C(C)N=c2s/c(=C/C34c5ccccc5C(c5ccccc53)[C@@H]3C(=O)N(c5ccc(C)cc5)C(=O)[C@@H]34)c(=O)n2[C@H]1c1ccc(C)c([N+](=O)[O-])c1. The number of esters is 1. The number of thiazole rings is 1. The molecule has 4 aromatic carbocycles. The Morgan fingerprint density at radius 1 is 0.927 bits per heavy atom. The first-order valence-corrected chi connectivity index (χ1v) is 18.9. The Hall–Kier alpha value is -6.27. The summed E-state index contributed by atoms with van der Waals surface area (Å²) in [7, 11) is 0. The smallest absolute Gasteiger partial charge is 0.338 e. The van der Waals surface area contributed by atoms with E-state index in [1.807, 2.05) is 73.7 Å². The van der Waals surface area contributed by atoms with Gasteiger partial charge in [-0.15, -0.1) is 0 Å². The van der Waals surface area contributed by atoms with Crippen molar-refractivity contribution < 1.29 is 24.0 Å². The van der Waals surface area contributed by atoms with Crippen molar-refractivity contribution in [3.05, 3.63) is 171 Å². The van der Waals surface area contributed by atoms with Crippen molar-refractivity contribution in [3.63, 3.8) is 0 Å². The molecular weight excluding hydrogens is 717 g/mol. The fourth-order valence-corrected chi connectivity index (χ4v) is 10.4. The second-order valence-electron chi connectivity index (χ2n) is 14.5. The molecule has 11 nitrogen and oxygen atoms in total. The van der Waals surface area contributed by atoms with Crippen LogP contribution >= 0.6 is 11.3 Å². The quantitative estimate of drug-likeness (QED) is 0.0963. The van der Waals surface area contributed by atoms with Crippen LogP contribution < -0.4 is 19.8 Å². The highest BCUT2D eigenvalue weighted by molar-refractivity contribution is 7.07. The van der Waals surface area contributed by atoms with Crippen LogP contribution in [0.15, 0.2) is 112 Å². The Kier molecular flexibility index (Phi) is 7.77. The van der Waals surface area contributed by atoms with Gasteiger partial charge in [0.15, 0.2) is 4.80 Å². The van der Waals surface area contributed by atoms with E-state index in [1.165, 1.54) is 15.5 Å². The Balaban J connectivity index is 1.33. The van der Waals surface area contributed by atoms with Gasteiger partial charge in [-0.3, -0.25) is 29.1 Å². The van der Waals surface area contributed by atoms with E-state index in [0.717, 1.165) is 39.2 Å². The molecule has 3 heterocycles. The molecule has 0 unspecified atom stereocenters. The van der Waals surface area contributed by atoms with Crippen molar-refractivity contribution in [2.75, 3.05) is 11.5 Å². The van der Waals surface area contributed by atoms with Crippen LogP contribution in [0.5, 0.6) is 0 Å². The molecule has 5 aromatic rings. The van der Waals surface area contributed by atoms with E-state index in [4.69, 9.17) is 9.73 Å². The first-order chi connectivity index (χ1) is 26.5. The molecule has 3 atom stereocenters. The standard InChI is InChI=1S/C43H34N4O7S/c1-5-54-41(51)33-24(4)44-42-46(37(33)25-17-16-23(3)31(20-25)47(52)53)38(48)32(55-42)21-43-29-12-8-6-10-27(29)34(28-11-7-9-13-30(28)43)35-36(43)40(50)45(39(35)49)26-18-14-22(2)15-19-26/h6-21,34-37H,5H2,1-4H3/b32-21+/t34?,35-,36+,37-,43?/m0/s1. The van der Waals surface area contributed by atoms with E-state index in [2.05, 4.69) is 0 Å². The number of carbonyl (C=O) groups is 3. The van der Waals surface area contributed by atoms with Crippen LogP contribution in [0.3, 0.4) is 0 Å². The molecule has 1 aromatic heterocycles. The summed E-state index contributed by atoms with van der Waals surface area (Å²) in [6, 6.07) is 26.5. The maximum atomic E-state index is 15.1. The average molecular weight is 751 g/mol. The number of ether oxygens (including phenoxy) is 1. The molecule has 1 fully saturated rings. The number of allylic oxidation sites excluding steroid dienone is 1. The summed E-state index contributed by atoms with van der Waals surface area (Å²) < 4.78 is 7.09. The molecule has 2 aliphatic heterocycles. The molecule has 5 aliphatic rings.